The highest BCUT2D eigenvalue weighted by Gasteiger charge is 2.49. The second kappa shape index (κ2) is 4.35. The lowest BCUT2D eigenvalue weighted by molar-refractivity contribution is -0.140. The number of hydrogen-bond donors (Lipinski definition) is 0. The van der Waals surface area contributed by atoms with Crippen LogP contribution in [0.1, 0.15) is 18.9 Å². The first-order valence-electron chi connectivity index (χ1n) is 6.43. The van der Waals surface area contributed by atoms with Crippen molar-refractivity contribution < 1.29 is 9.53 Å². The Morgan fingerprint density at radius 3 is 3.11 bits per heavy atom. The number of carbonyl (C=O) groups excluding carboxylic acids is 1. The fourth-order valence-electron chi connectivity index (χ4n) is 3.01. The SMILES string of the molecule is CC(=O)N1CC2(COC(Cc3cccnc3)C2)C1. The summed E-state index contributed by atoms with van der Waals surface area (Å²) in [7, 11) is 0. The van der Waals surface area contributed by atoms with Crippen molar-refractivity contribution in [2.24, 2.45) is 5.41 Å². The highest BCUT2D eigenvalue weighted by atomic mass is 16.5. The van der Waals surface area contributed by atoms with Crippen LogP contribution in [0.15, 0.2) is 24.5 Å². The van der Waals surface area contributed by atoms with Crippen molar-refractivity contribution in [3.8, 4) is 0 Å². The minimum Gasteiger partial charge on any atom is -0.377 e. The molecule has 0 aliphatic carbocycles. The van der Waals surface area contributed by atoms with E-state index in [1.165, 1.54) is 5.56 Å². The Hall–Kier alpha value is -1.42. The topological polar surface area (TPSA) is 42.4 Å². The Kier molecular flexibility index (Phi) is 2.82. The molecule has 0 bridgehead atoms. The molecule has 1 aromatic rings. The minimum atomic E-state index is 0.177. The maximum Gasteiger partial charge on any atom is 0.219 e. The monoisotopic (exact) mass is 246 g/mol. The highest BCUT2D eigenvalue weighted by molar-refractivity contribution is 5.74. The van der Waals surface area contributed by atoms with Gasteiger partial charge in [-0.05, 0) is 18.1 Å². The molecule has 2 aliphatic heterocycles. The lowest BCUT2D eigenvalue weighted by Crippen LogP contribution is -2.58. The number of hydrogen-bond acceptors (Lipinski definition) is 3. The highest BCUT2D eigenvalue weighted by Crippen LogP contribution is 2.41. The van der Waals surface area contributed by atoms with Crippen molar-refractivity contribution in [1.29, 1.82) is 0 Å². The normalized spacial score (nSPS) is 25.2. The van der Waals surface area contributed by atoms with Crippen molar-refractivity contribution in [1.82, 2.24) is 9.88 Å². The number of likely N-dealkylation sites (tertiary alicyclic amines) is 1. The van der Waals surface area contributed by atoms with Crippen molar-refractivity contribution in [3.05, 3.63) is 30.1 Å². The number of aromatic nitrogens is 1. The van der Waals surface area contributed by atoms with Crippen molar-refractivity contribution in [3.63, 3.8) is 0 Å². The molecule has 2 saturated heterocycles. The molecule has 4 heteroatoms. The van der Waals surface area contributed by atoms with E-state index >= 15 is 0 Å². The van der Waals surface area contributed by atoms with Crippen LogP contribution >= 0.6 is 0 Å². The Labute approximate surface area is 107 Å². The van der Waals surface area contributed by atoms with Crippen LogP contribution in [0.2, 0.25) is 0 Å². The number of ether oxygens (including phenoxy) is 1. The third-order valence-electron chi connectivity index (χ3n) is 3.97. The number of nitrogens with zero attached hydrogens (tertiary/aromatic N) is 2. The molecule has 1 atom stereocenters. The van der Waals surface area contributed by atoms with Crippen LogP contribution in [-0.4, -0.2) is 41.6 Å². The first-order valence-corrected chi connectivity index (χ1v) is 6.43. The molecule has 3 heterocycles. The van der Waals surface area contributed by atoms with Gasteiger partial charge < -0.3 is 9.64 Å². The number of pyridine rings is 1. The van der Waals surface area contributed by atoms with Crippen LogP contribution in [-0.2, 0) is 16.0 Å². The van der Waals surface area contributed by atoms with Gasteiger partial charge in [0.25, 0.3) is 0 Å². The molecule has 1 amide bonds. The van der Waals surface area contributed by atoms with Crippen LogP contribution in [0.3, 0.4) is 0 Å². The molecule has 3 rings (SSSR count). The third-order valence-corrected chi connectivity index (χ3v) is 3.97. The van der Waals surface area contributed by atoms with Gasteiger partial charge in [0.15, 0.2) is 0 Å². The number of amides is 1. The van der Waals surface area contributed by atoms with Crippen LogP contribution in [0.4, 0.5) is 0 Å². The van der Waals surface area contributed by atoms with E-state index < -0.39 is 0 Å². The van der Waals surface area contributed by atoms with Gasteiger partial charge in [0, 0.05) is 44.2 Å². The summed E-state index contributed by atoms with van der Waals surface area (Å²) in [6.07, 6.45) is 5.96. The summed E-state index contributed by atoms with van der Waals surface area (Å²) in [6.45, 7) is 4.16. The Morgan fingerprint density at radius 2 is 2.44 bits per heavy atom. The molecule has 4 nitrogen and oxygen atoms in total. The maximum absolute atomic E-state index is 11.2. The molecule has 0 N–H and O–H groups in total. The lowest BCUT2D eigenvalue weighted by Gasteiger charge is -2.46. The van der Waals surface area contributed by atoms with E-state index in [1.54, 1.807) is 13.1 Å². The zero-order chi connectivity index (χ0) is 12.6. The molecule has 0 radical (unpaired) electrons. The predicted octanol–water partition coefficient (Wildman–Crippen LogP) is 1.26. The van der Waals surface area contributed by atoms with Gasteiger partial charge in [-0.3, -0.25) is 9.78 Å². The Morgan fingerprint density at radius 1 is 1.61 bits per heavy atom. The fourth-order valence-corrected chi connectivity index (χ4v) is 3.01. The van der Waals surface area contributed by atoms with Gasteiger partial charge in [-0.15, -0.1) is 0 Å². The minimum absolute atomic E-state index is 0.177. The quantitative estimate of drug-likeness (QED) is 0.789. The second-order valence-corrected chi connectivity index (χ2v) is 5.58. The smallest absolute Gasteiger partial charge is 0.219 e. The molecule has 2 fully saturated rings. The van der Waals surface area contributed by atoms with E-state index in [-0.39, 0.29) is 17.4 Å². The van der Waals surface area contributed by atoms with Gasteiger partial charge in [-0.2, -0.15) is 0 Å². The molecule has 2 aliphatic rings. The standard InChI is InChI=1S/C14H18N2O2/c1-11(17)16-8-14(9-16)6-13(18-10-14)5-12-3-2-4-15-7-12/h2-4,7,13H,5-6,8-10H2,1H3. The summed E-state index contributed by atoms with van der Waals surface area (Å²) in [5.41, 5.74) is 1.46. The van der Waals surface area contributed by atoms with E-state index in [1.807, 2.05) is 17.2 Å². The van der Waals surface area contributed by atoms with Gasteiger partial charge in [-0.1, -0.05) is 6.07 Å². The Balaban J connectivity index is 1.55. The van der Waals surface area contributed by atoms with Gasteiger partial charge in [-0.25, -0.2) is 0 Å². The van der Waals surface area contributed by atoms with Crippen LogP contribution < -0.4 is 0 Å². The number of carbonyl (C=O) groups is 1. The van der Waals surface area contributed by atoms with Crippen molar-refractivity contribution in [2.75, 3.05) is 19.7 Å². The second-order valence-electron chi connectivity index (χ2n) is 5.58. The first-order chi connectivity index (χ1) is 8.67. The summed E-state index contributed by atoms with van der Waals surface area (Å²) >= 11 is 0. The van der Waals surface area contributed by atoms with Crippen molar-refractivity contribution >= 4 is 5.91 Å². The predicted molar refractivity (Wildman–Crippen MR) is 67.0 cm³/mol. The lowest BCUT2D eigenvalue weighted by atomic mass is 9.77. The molecule has 1 unspecified atom stereocenters. The largest absolute Gasteiger partial charge is 0.377 e. The summed E-state index contributed by atoms with van der Waals surface area (Å²) in [4.78, 5) is 17.2. The van der Waals surface area contributed by atoms with Gasteiger partial charge >= 0.3 is 0 Å². The van der Waals surface area contributed by atoms with Gasteiger partial charge in [0.1, 0.15) is 0 Å². The fraction of sp³-hybridized carbons (Fsp3) is 0.571. The van der Waals surface area contributed by atoms with E-state index in [0.29, 0.717) is 0 Å². The molecule has 1 aromatic heterocycles. The molecule has 1 spiro atoms. The molecule has 96 valence electrons. The maximum atomic E-state index is 11.2. The average Bonchev–Trinajstić information content (AvgIpc) is 2.72. The summed E-state index contributed by atoms with van der Waals surface area (Å²) < 4.78 is 5.88. The summed E-state index contributed by atoms with van der Waals surface area (Å²) in [5, 5.41) is 0. The molecular formula is C14H18N2O2. The van der Waals surface area contributed by atoms with Gasteiger partial charge in [0.05, 0.1) is 12.7 Å². The van der Waals surface area contributed by atoms with E-state index in [0.717, 1.165) is 32.5 Å². The van der Waals surface area contributed by atoms with E-state index in [9.17, 15) is 4.79 Å². The summed E-state index contributed by atoms with van der Waals surface area (Å²) in [5.74, 6) is 0.177. The molecule has 18 heavy (non-hydrogen) atoms. The first kappa shape index (κ1) is 11.7. The molecular weight excluding hydrogens is 228 g/mol. The van der Waals surface area contributed by atoms with E-state index in [4.69, 9.17) is 4.74 Å². The van der Waals surface area contributed by atoms with Crippen LogP contribution in [0, 0.1) is 5.41 Å². The van der Waals surface area contributed by atoms with Crippen LogP contribution in [0.25, 0.3) is 0 Å². The van der Waals surface area contributed by atoms with E-state index in [2.05, 4.69) is 11.1 Å². The third kappa shape index (κ3) is 2.12. The van der Waals surface area contributed by atoms with Crippen LogP contribution in [0.5, 0.6) is 0 Å². The average molecular weight is 246 g/mol. The van der Waals surface area contributed by atoms with Crippen molar-refractivity contribution in [2.45, 2.75) is 25.9 Å². The summed E-state index contributed by atoms with van der Waals surface area (Å²) in [6, 6.07) is 4.05. The Bertz CT molecular complexity index is 440. The number of rotatable bonds is 2. The van der Waals surface area contributed by atoms with Gasteiger partial charge in [0.2, 0.25) is 5.91 Å². The molecule has 0 aromatic carbocycles. The zero-order valence-corrected chi connectivity index (χ0v) is 10.6. The molecule has 0 saturated carbocycles. The zero-order valence-electron chi connectivity index (χ0n) is 10.6.